The molecular formula is C13H13N3O2. The average molecular weight is 243 g/mol. The Kier molecular flexibility index (Phi) is 2.72. The minimum absolute atomic E-state index is 0.0324. The number of carbonyl (C=O) groups excluding carboxylic acids is 1. The van der Waals surface area contributed by atoms with E-state index in [1.165, 1.54) is 0 Å². The smallest absolute Gasteiger partial charge is 0.233 e. The van der Waals surface area contributed by atoms with Crippen molar-refractivity contribution in [1.82, 2.24) is 10.2 Å². The third-order valence-electron chi connectivity index (χ3n) is 3.03. The van der Waals surface area contributed by atoms with Gasteiger partial charge in [0.15, 0.2) is 0 Å². The Labute approximate surface area is 104 Å². The molecule has 2 N–H and O–H groups in total. The van der Waals surface area contributed by atoms with Gasteiger partial charge in [-0.25, -0.2) is 0 Å². The third-order valence-corrected chi connectivity index (χ3v) is 3.03. The van der Waals surface area contributed by atoms with Crippen LogP contribution in [0.5, 0.6) is 5.75 Å². The van der Waals surface area contributed by atoms with E-state index in [-0.39, 0.29) is 11.8 Å². The van der Waals surface area contributed by atoms with Gasteiger partial charge >= 0.3 is 0 Å². The second-order valence-corrected chi connectivity index (χ2v) is 4.19. The summed E-state index contributed by atoms with van der Waals surface area (Å²) < 4.78 is 5.54. The number of nitrogens with zero attached hydrogens (tertiary/aromatic N) is 1. The summed E-state index contributed by atoms with van der Waals surface area (Å²) in [7, 11) is 0. The maximum atomic E-state index is 12.2. The number of hydrogen-bond donors (Lipinski definition) is 2. The van der Waals surface area contributed by atoms with Crippen molar-refractivity contribution >= 4 is 11.7 Å². The highest BCUT2D eigenvalue weighted by molar-refractivity contribution is 5.95. The highest BCUT2D eigenvalue weighted by atomic mass is 16.5. The predicted molar refractivity (Wildman–Crippen MR) is 66.5 cm³/mol. The second kappa shape index (κ2) is 4.52. The topological polar surface area (TPSA) is 67.0 Å². The van der Waals surface area contributed by atoms with Crippen LogP contribution in [0.2, 0.25) is 0 Å². The van der Waals surface area contributed by atoms with Crippen LogP contribution in [0, 0.1) is 0 Å². The van der Waals surface area contributed by atoms with E-state index < -0.39 is 0 Å². The first-order chi connectivity index (χ1) is 8.84. The van der Waals surface area contributed by atoms with E-state index in [0.717, 1.165) is 11.3 Å². The molecule has 1 aromatic heterocycles. The quantitative estimate of drug-likeness (QED) is 0.846. The fourth-order valence-electron chi connectivity index (χ4n) is 2.16. The molecule has 5 nitrogen and oxygen atoms in total. The summed E-state index contributed by atoms with van der Waals surface area (Å²) in [5, 5.41) is 9.34. The van der Waals surface area contributed by atoms with Gasteiger partial charge in [-0.05, 0) is 12.5 Å². The van der Waals surface area contributed by atoms with E-state index in [4.69, 9.17) is 4.74 Å². The molecule has 5 heteroatoms. The number of aromatic amines is 1. The number of nitrogens with one attached hydrogen (secondary N) is 2. The Balaban J connectivity index is 1.83. The molecule has 0 bridgehead atoms. The zero-order chi connectivity index (χ0) is 12.4. The largest absolute Gasteiger partial charge is 0.493 e. The van der Waals surface area contributed by atoms with Gasteiger partial charge in [0.2, 0.25) is 5.91 Å². The van der Waals surface area contributed by atoms with Gasteiger partial charge in [0.1, 0.15) is 11.6 Å². The summed E-state index contributed by atoms with van der Waals surface area (Å²) in [4.78, 5) is 12.2. The van der Waals surface area contributed by atoms with Gasteiger partial charge in [0.05, 0.1) is 18.7 Å². The van der Waals surface area contributed by atoms with E-state index in [2.05, 4.69) is 15.5 Å². The van der Waals surface area contributed by atoms with Crippen LogP contribution < -0.4 is 10.1 Å². The molecule has 0 fully saturated rings. The molecule has 1 unspecified atom stereocenters. The molecular weight excluding hydrogens is 230 g/mol. The molecule has 1 atom stereocenters. The fourth-order valence-corrected chi connectivity index (χ4v) is 2.16. The number of H-pyrrole nitrogens is 1. The van der Waals surface area contributed by atoms with Crippen LogP contribution >= 0.6 is 0 Å². The molecule has 0 radical (unpaired) electrons. The van der Waals surface area contributed by atoms with Crippen LogP contribution in [0.4, 0.5) is 5.82 Å². The zero-order valence-corrected chi connectivity index (χ0v) is 9.72. The lowest BCUT2D eigenvalue weighted by Crippen LogP contribution is -2.26. The van der Waals surface area contributed by atoms with Crippen LogP contribution in [0.25, 0.3) is 0 Å². The standard InChI is InChI=1S/C13H13N3O2/c17-13(15-12-5-7-14-16-12)10-6-8-18-11-4-2-1-3-9(10)11/h1-5,7,10H,6,8H2,(H2,14,15,16,17). The second-order valence-electron chi connectivity index (χ2n) is 4.19. The first kappa shape index (κ1) is 10.8. The van der Waals surface area contributed by atoms with Gasteiger partial charge in [-0.3, -0.25) is 9.89 Å². The van der Waals surface area contributed by atoms with Crippen molar-refractivity contribution in [3.05, 3.63) is 42.1 Å². The SMILES string of the molecule is O=C(Nc1ccn[nH]1)C1CCOc2ccccc21. The monoisotopic (exact) mass is 243 g/mol. The van der Waals surface area contributed by atoms with Crippen LogP contribution in [0.1, 0.15) is 17.9 Å². The Hall–Kier alpha value is -2.30. The molecule has 0 spiro atoms. The molecule has 2 heterocycles. The Morgan fingerprint density at radius 3 is 3.11 bits per heavy atom. The molecule has 0 aliphatic carbocycles. The van der Waals surface area contributed by atoms with Gasteiger partial charge in [0, 0.05) is 11.6 Å². The lowest BCUT2D eigenvalue weighted by Gasteiger charge is -2.24. The van der Waals surface area contributed by atoms with Crippen molar-refractivity contribution in [2.75, 3.05) is 11.9 Å². The van der Waals surface area contributed by atoms with Crippen molar-refractivity contribution in [2.24, 2.45) is 0 Å². The molecule has 18 heavy (non-hydrogen) atoms. The summed E-state index contributed by atoms with van der Waals surface area (Å²) in [6.07, 6.45) is 2.30. The van der Waals surface area contributed by atoms with E-state index >= 15 is 0 Å². The Bertz CT molecular complexity index is 551. The molecule has 1 aliphatic rings. The minimum Gasteiger partial charge on any atom is -0.493 e. The van der Waals surface area contributed by atoms with Crippen molar-refractivity contribution in [2.45, 2.75) is 12.3 Å². The molecule has 2 aromatic rings. The van der Waals surface area contributed by atoms with Gasteiger partial charge < -0.3 is 10.1 Å². The van der Waals surface area contributed by atoms with E-state index in [1.54, 1.807) is 12.3 Å². The highest BCUT2D eigenvalue weighted by Crippen LogP contribution is 2.33. The number of amides is 1. The molecule has 0 saturated heterocycles. The normalized spacial score (nSPS) is 17.7. The number of ether oxygens (including phenoxy) is 1. The van der Waals surface area contributed by atoms with Gasteiger partial charge in [-0.2, -0.15) is 5.10 Å². The lowest BCUT2D eigenvalue weighted by molar-refractivity contribution is -0.118. The van der Waals surface area contributed by atoms with E-state index in [1.807, 2.05) is 24.3 Å². The summed E-state index contributed by atoms with van der Waals surface area (Å²) in [6, 6.07) is 9.39. The minimum atomic E-state index is -0.168. The van der Waals surface area contributed by atoms with Gasteiger partial charge in [-0.15, -0.1) is 0 Å². The number of para-hydroxylation sites is 1. The molecule has 92 valence electrons. The summed E-state index contributed by atoms with van der Waals surface area (Å²) in [5.74, 6) is 1.21. The highest BCUT2D eigenvalue weighted by Gasteiger charge is 2.27. The van der Waals surface area contributed by atoms with Crippen molar-refractivity contribution in [3.63, 3.8) is 0 Å². The number of hydrogen-bond acceptors (Lipinski definition) is 3. The van der Waals surface area contributed by atoms with Crippen LogP contribution in [-0.2, 0) is 4.79 Å². The maximum absolute atomic E-state index is 12.2. The van der Waals surface area contributed by atoms with E-state index in [9.17, 15) is 4.79 Å². The van der Waals surface area contributed by atoms with E-state index in [0.29, 0.717) is 18.8 Å². The number of aromatic nitrogens is 2. The Morgan fingerprint density at radius 1 is 1.39 bits per heavy atom. The zero-order valence-electron chi connectivity index (χ0n) is 9.72. The van der Waals surface area contributed by atoms with Gasteiger partial charge in [-0.1, -0.05) is 18.2 Å². The maximum Gasteiger partial charge on any atom is 0.233 e. The Morgan fingerprint density at radius 2 is 2.28 bits per heavy atom. The number of carbonyl (C=O) groups is 1. The first-order valence-electron chi connectivity index (χ1n) is 5.86. The number of benzene rings is 1. The fraction of sp³-hybridized carbons (Fsp3) is 0.231. The summed E-state index contributed by atoms with van der Waals surface area (Å²) in [6.45, 7) is 0.568. The molecule has 1 amide bonds. The van der Waals surface area contributed by atoms with Crippen LogP contribution in [0.15, 0.2) is 36.5 Å². The van der Waals surface area contributed by atoms with Crippen molar-refractivity contribution in [3.8, 4) is 5.75 Å². The van der Waals surface area contributed by atoms with Gasteiger partial charge in [0.25, 0.3) is 0 Å². The number of rotatable bonds is 2. The number of fused-ring (bicyclic) bond motifs is 1. The molecule has 1 aliphatic heterocycles. The lowest BCUT2D eigenvalue weighted by atomic mass is 9.92. The number of anilines is 1. The first-order valence-corrected chi connectivity index (χ1v) is 5.86. The third kappa shape index (κ3) is 1.95. The summed E-state index contributed by atoms with van der Waals surface area (Å²) >= 11 is 0. The predicted octanol–water partition coefficient (Wildman–Crippen LogP) is 1.91. The molecule has 0 saturated carbocycles. The molecule has 1 aromatic carbocycles. The van der Waals surface area contributed by atoms with Crippen LogP contribution in [-0.4, -0.2) is 22.7 Å². The van der Waals surface area contributed by atoms with Crippen molar-refractivity contribution < 1.29 is 9.53 Å². The van der Waals surface area contributed by atoms with Crippen LogP contribution in [0.3, 0.4) is 0 Å². The van der Waals surface area contributed by atoms with Crippen molar-refractivity contribution in [1.29, 1.82) is 0 Å². The average Bonchev–Trinajstić information content (AvgIpc) is 2.91. The summed E-state index contributed by atoms with van der Waals surface area (Å²) in [5.41, 5.74) is 0.945. The molecule has 3 rings (SSSR count).